The van der Waals surface area contributed by atoms with Crippen molar-refractivity contribution in [1.82, 2.24) is 10.6 Å². The van der Waals surface area contributed by atoms with Crippen molar-refractivity contribution in [2.45, 2.75) is 6.04 Å². The van der Waals surface area contributed by atoms with Crippen LogP contribution in [0.15, 0.2) is 60.8 Å². The van der Waals surface area contributed by atoms with Crippen LogP contribution in [0.1, 0.15) is 22.0 Å². The maximum absolute atomic E-state index is 13.1. The molecule has 0 saturated carbocycles. The molecule has 0 bridgehead atoms. The van der Waals surface area contributed by atoms with Gasteiger partial charge in [-0.15, -0.1) is 0 Å². The Morgan fingerprint density at radius 2 is 1.77 bits per heavy atom. The highest BCUT2D eigenvalue weighted by Gasteiger charge is 2.37. The van der Waals surface area contributed by atoms with E-state index in [4.69, 9.17) is 21.7 Å². The first-order chi connectivity index (χ1) is 12.5. The van der Waals surface area contributed by atoms with Crippen molar-refractivity contribution in [2.75, 3.05) is 14.2 Å². The second-order valence-electron chi connectivity index (χ2n) is 5.92. The fourth-order valence-corrected chi connectivity index (χ4v) is 3.36. The highest BCUT2D eigenvalue weighted by atomic mass is 32.1. The summed E-state index contributed by atoms with van der Waals surface area (Å²) in [6.45, 7) is 4.03. The predicted octanol–water partition coefficient (Wildman–Crippen LogP) is 3.24. The Labute approximate surface area is 158 Å². The summed E-state index contributed by atoms with van der Waals surface area (Å²) >= 11 is 5.28. The third-order valence-corrected chi connectivity index (χ3v) is 4.60. The van der Waals surface area contributed by atoms with Crippen molar-refractivity contribution in [2.24, 2.45) is 5.92 Å². The number of benzene rings is 2. The summed E-state index contributed by atoms with van der Waals surface area (Å²) in [7, 11) is 3.16. The summed E-state index contributed by atoms with van der Waals surface area (Å²) in [5.74, 6) is 0.672. The zero-order valence-corrected chi connectivity index (χ0v) is 15.4. The van der Waals surface area contributed by atoms with E-state index in [1.54, 1.807) is 26.4 Å². The van der Waals surface area contributed by atoms with Crippen LogP contribution in [-0.4, -0.2) is 25.1 Å². The Morgan fingerprint density at radius 1 is 1.08 bits per heavy atom. The number of thiocarbonyl (C=S) groups is 1. The molecule has 0 unspecified atom stereocenters. The fourth-order valence-electron chi connectivity index (χ4n) is 3.10. The molecule has 0 amide bonds. The van der Waals surface area contributed by atoms with E-state index in [9.17, 15) is 4.79 Å². The topological polar surface area (TPSA) is 59.6 Å². The van der Waals surface area contributed by atoms with Crippen molar-refractivity contribution in [3.63, 3.8) is 0 Å². The number of Topliss-reactive ketones (excluding diaryl/α,β-unsaturated/α-hetero) is 1. The van der Waals surface area contributed by atoms with Crippen molar-refractivity contribution in [3.8, 4) is 11.5 Å². The van der Waals surface area contributed by atoms with E-state index in [1.807, 2.05) is 36.4 Å². The molecule has 2 N–H and O–H groups in total. The third kappa shape index (κ3) is 3.41. The molecule has 1 aliphatic rings. The van der Waals surface area contributed by atoms with Gasteiger partial charge in [0.05, 0.1) is 26.2 Å². The molecule has 2 aromatic rings. The molecule has 1 aliphatic heterocycles. The number of carbonyl (C=O) groups excluding carboxylic acids is 1. The molecule has 0 aliphatic carbocycles. The standard InChI is InChI=1S/C20H20N2O3S/c1-12-17(19(23)13-7-5-4-6-8-13)18(22-20(26)21-12)14-9-10-15(24-2)16(11-14)25-3/h4-11,17-18H,1H2,2-3H3,(H2,21,22,26)/t17-,18+/m1/s1. The van der Waals surface area contributed by atoms with Gasteiger partial charge >= 0.3 is 0 Å². The molecule has 0 aromatic heterocycles. The lowest BCUT2D eigenvalue weighted by Gasteiger charge is -2.35. The van der Waals surface area contributed by atoms with Crippen LogP contribution in [0.4, 0.5) is 0 Å². The average Bonchev–Trinajstić information content (AvgIpc) is 2.67. The first-order valence-corrected chi connectivity index (χ1v) is 8.53. The molecule has 0 spiro atoms. The summed E-state index contributed by atoms with van der Waals surface area (Å²) in [6.07, 6.45) is 0. The van der Waals surface area contributed by atoms with E-state index in [2.05, 4.69) is 17.2 Å². The number of methoxy groups -OCH3 is 2. The molecule has 3 rings (SSSR count). The summed E-state index contributed by atoms with van der Waals surface area (Å²) in [5, 5.41) is 6.61. The first-order valence-electron chi connectivity index (χ1n) is 8.12. The molecule has 0 radical (unpaired) electrons. The lowest BCUT2D eigenvalue weighted by atomic mass is 9.83. The monoisotopic (exact) mass is 368 g/mol. The minimum atomic E-state index is -0.512. The van der Waals surface area contributed by atoms with Crippen LogP contribution in [-0.2, 0) is 0 Å². The van der Waals surface area contributed by atoms with Crippen molar-refractivity contribution >= 4 is 23.1 Å². The highest BCUT2D eigenvalue weighted by Crippen LogP contribution is 2.36. The Hall–Kier alpha value is -2.86. The molecule has 1 heterocycles. The number of carbonyl (C=O) groups is 1. The van der Waals surface area contributed by atoms with E-state index in [1.165, 1.54) is 0 Å². The van der Waals surface area contributed by atoms with Crippen LogP contribution in [0.5, 0.6) is 11.5 Å². The van der Waals surface area contributed by atoms with Crippen LogP contribution in [0.25, 0.3) is 0 Å². The summed E-state index contributed by atoms with van der Waals surface area (Å²) < 4.78 is 10.7. The van der Waals surface area contributed by atoms with Crippen LogP contribution < -0.4 is 20.1 Å². The third-order valence-electron chi connectivity index (χ3n) is 4.38. The second-order valence-corrected chi connectivity index (χ2v) is 6.33. The average molecular weight is 368 g/mol. The smallest absolute Gasteiger partial charge is 0.174 e. The van der Waals surface area contributed by atoms with Gasteiger partial charge in [0.15, 0.2) is 22.4 Å². The van der Waals surface area contributed by atoms with Gasteiger partial charge in [0, 0.05) is 11.3 Å². The van der Waals surface area contributed by atoms with E-state index in [0.29, 0.717) is 27.9 Å². The summed E-state index contributed by atoms with van der Waals surface area (Å²) in [5.41, 5.74) is 2.06. The summed E-state index contributed by atoms with van der Waals surface area (Å²) in [4.78, 5) is 13.1. The quantitative estimate of drug-likeness (QED) is 0.624. The maximum atomic E-state index is 13.1. The van der Waals surface area contributed by atoms with Gasteiger partial charge in [0.25, 0.3) is 0 Å². The highest BCUT2D eigenvalue weighted by molar-refractivity contribution is 7.80. The van der Waals surface area contributed by atoms with Gasteiger partial charge in [-0.25, -0.2) is 0 Å². The number of hydrogen-bond donors (Lipinski definition) is 2. The van der Waals surface area contributed by atoms with E-state index in [-0.39, 0.29) is 11.8 Å². The Balaban J connectivity index is 2.02. The molecule has 2 aromatic carbocycles. The molecule has 1 fully saturated rings. The van der Waals surface area contributed by atoms with Gasteiger partial charge in [-0.3, -0.25) is 4.79 Å². The van der Waals surface area contributed by atoms with Gasteiger partial charge in [-0.05, 0) is 29.9 Å². The molecular weight excluding hydrogens is 348 g/mol. The van der Waals surface area contributed by atoms with Crippen molar-refractivity contribution in [1.29, 1.82) is 0 Å². The van der Waals surface area contributed by atoms with Gasteiger partial charge in [-0.1, -0.05) is 43.0 Å². The van der Waals surface area contributed by atoms with E-state index in [0.717, 1.165) is 5.56 Å². The lowest BCUT2D eigenvalue weighted by Crippen LogP contribution is -2.50. The van der Waals surface area contributed by atoms with Crippen molar-refractivity contribution in [3.05, 3.63) is 71.9 Å². The molecular formula is C20H20N2O3S. The minimum absolute atomic E-state index is 0.0297. The van der Waals surface area contributed by atoms with Gasteiger partial charge < -0.3 is 20.1 Å². The Bertz CT molecular complexity index is 851. The summed E-state index contributed by atoms with van der Waals surface area (Å²) in [6, 6.07) is 14.4. The van der Waals surface area contributed by atoms with E-state index < -0.39 is 5.92 Å². The van der Waals surface area contributed by atoms with Gasteiger partial charge in [0.1, 0.15) is 0 Å². The van der Waals surface area contributed by atoms with Crippen molar-refractivity contribution < 1.29 is 14.3 Å². The largest absolute Gasteiger partial charge is 0.493 e. The first kappa shape index (κ1) is 17.9. The molecule has 1 saturated heterocycles. The van der Waals surface area contributed by atoms with Gasteiger partial charge in [0.2, 0.25) is 0 Å². The minimum Gasteiger partial charge on any atom is -0.493 e. The maximum Gasteiger partial charge on any atom is 0.174 e. The fraction of sp³-hybridized carbons (Fsp3) is 0.200. The van der Waals surface area contributed by atoms with Crippen LogP contribution in [0, 0.1) is 5.92 Å². The van der Waals surface area contributed by atoms with Gasteiger partial charge in [-0.2, -0.15) is 0 Å². The van der Waals surface area contributed by atoms with Crippen LogP contribution in [0.3, 0.4) is 0 Å². The van der Waals surface area contributed by atoms with Crippen LogP contribution in [0.2, 0.25) is 0 Å². The number of ketones is 1. The Kier molecular flexibility index (Phi) is 5.23. The predicted molar refractivity (Wildman–Crippen MR) is 105 cm³/mol. The molecule has 26 heavy (non-hydrogen) atoms. The number of rotatable bonds is 5. The number of nitrogens with one attached hydrogen (secondary N) is 2. The van der Waals surface area contributed by atoms with Crippen LogP contribution >= 0.6 is 12.2 Å². The lowest BCUT2D eigenvalue weighted by molar-refractivity contribution is 0.0912. The van der Waals surface area contributed by atoms with E-state index >= 15 is 0 Å². The molecule has 134 valence electrons. The SMILES string of the molecule is C=C1NC(=S)N[C@@H](c2ccc(OC)c(OC)c2)[C@@H]1C(=O)c1ccccc1. The number of hydrogen-bond acceptors (Lipinski definition) is 4. The molecule has 5 nitrogen and oxygen atoms in total. The Morgan fingerprint density at radius 3 is 2.42 bits per heavy atom. The zero-order chi connectivity index (χ0) is 18.7. The zero-order valence-electron chi connectivity index (χ0n) is 14.6. The normalized spacial score (nSPS) is 19.3. The molecule has 6 heteroatoms. The second kappa shape index (κ2) is 7.58. The number of ether oxygens (including phenoxy) is 2. The molecule has 2 atom stereocenters.